The lowest BCUT2D eigenvalue weighted by Crippen LogP contribution is -2.68. The van der Waals surface area contributed by atoms with Crippen LogP contribution >= 0.6 is 0 Å². The first kappa shape index (κ1) is 20.2. The van der Waals surface area contributed by atoms with Crippen molar-refractivity contribution in [2.75, 3.05) is 19.6 Å². The molecule has 31 heavy (non-hydrogen) atoms. The molecule has 2 bridgehead atoms. The summed E-state index contributed by atoms with van der Waals surface area (Å²) in [5.74, 6) is 2.44. The molecule has 5 rings (SSSR count). The molecule has 0 unspecified atom stereocenters. The van der Waals surface area contributed by atoms with Crippen molar-refractivity contribution < 1.29 is 14.0 Å². The highest BCUT2D eigenvalue weighted by Crippen LogP contribution is 2.42. The standard InChI is InChI=1S/C22H30N6O3/c1-26-14-24-25-19(26)7-8-23-22(30)21-16-10-15(18-5-2-6-20(29)28(18)21)11-27(12-16)13-17-4-3-9-31-17/h3-4,9,14-16,18,21H,2,5-8,10-13H2,1H3,(H,23,30)/t15-,16+,18+,21-/m1/s1. The van der Waals surface area contributed by atoms with E-state index in [1.165, 1.54) is 0 Å². The van der Waals surface area contributed by atoms with Gasteiger partial charge in [0.2, 0.25) is 11.8 Å². The first-order valence-corrected chi connectivity index (χ1v) is 11.3. The smallest absolute Gasteiger partial charge is 0.243 e. The fraction of sp³-hybridized carbons (Fsp3) is 0.636. The Balaban J connectivity index is 1.31. The molecule has 0 aromatic carbocycles. The molecule has 3 aliphatic rings. The Morgan fingerprint density at radius 2 is 2.19 bits per heavy atom. The van der Waals surface area contributed by atoms with Crippen LogP contribution in [-0.2, 0) is 29.6 Å². The van der Waals surface area contributed by atoms with Gasteiger partial charge in [-0.05, 0) is 37.3 Å². The second-order valence-electron chi connectivity index (χ2n) is 9.13. The molecule has 0 radical (unpaired) electrons. The number of fused-ring (bicyclic) bond motifs is 4. The fourth-order valence-electron chi connectivity index (χ4n) is 5.78. The van der Waals surface area contributed by atoms with Crippen LogP contribution in [0, 0.1) is 11.8 Å². The summed E-state index contributed by atoms with van der Waals surface area (Å²) >= 11 is 0. The molecule has 4 atom stereocenters. The highest BCUT2D eigenvalue weighted by molar-refractivity contribution is 5.89. The average Bonchev–Trinajstić information content (AvgIpc) is 3.41. The van der Waals surface area contributed by atoms with Crippen LogP contribution in [0.15, 0.2) is 29.1 Å². The number of carbonyl (C=O) groups is 2. The quantitative estimate of drug-likeness (QED) is 0.739. The van der Waals surface area contributed by atoms with E-state index in [-0.39, 0.29) is 23.8 Å². The minimum atomic E-state index is -0.395. The summed E-state index contributed by atoms with van der Waals surface area (Å²) in [5.41, 5.74) is 0. The first-order valence-electron chi connectivity index (χ1n) is 11.3. The number of piperidine rings is 3. The zero-order valence-electron chi connectivity index (χ0n) is 17.9. The van der Waals surface area contributed by atoms with E-state index in [4.69, 9.17) is 4.42 Å². The average molecular weight is 427 g/mol. The molecule has 9 nitrogen and oxygen atoms in total. The van der Waals surface area contributed by atoms with Crippen molar-refractivity contribution in [2.45, 2.75) is 50.7 Å². The van der Waals surface area contributed by atoms with Gasteiger partial charge in [-0.1, -0.05) is 0 Å². The van der Waals surface area contributed by atoms with Crippen LogP contribution in [0.25, 0.3) is 0 Å². The number of aryl methyl sites for hydroxylation is 1. The molecule has 2 aromatic rings. The SMILES string of the molecule is Cn1cnnc1CCNC(=O)[C@H]1[C@H]2C[C@H](CN(Cc3ccco3)C2)[C@@H]2CCCC(=O)N21. The Labute approximate surface area is 181 Å². The second kappa shape index (κ2) is 8.45. The van der Waals surface area contributed by atoms with E-state index in [1.807, 2.05) is 28.6 Å². The Bertz CT molecular complexity index is 926. The zero-order chi connectivity index (χ0) is 21.4. The maximum Gasteiger partial charge on any atom is 0.243 e. The molecule has 0 aliphatic carbocycles. The Morgan fingerprint density at radius 1 is 1.32 bits per heavy atom. The molecule has 3 saturated heterocycles. The van der Waals surface area contributed by atoms with E-state index >= 15 is 0 Å². The predicted molar refractivity (Wildman–Crippen MR) is 112 cm³/mol. The summed E-state index contributed by atoms with van der Waals surface area (Å²) in [6.45, 7) is 2.99. The van der Waals surface area contributed by atoms with Crippen LogP contribution < -0.4 is 5.32 Å². The second-order valence-corrected chi connectivity index (χ2v) is 9.13. The van der Waals surface area contributed by atoms with Crippen molar-refractivity contribution >= 4 is 11.8 Å². The molecular weight excluding hydrogens is 396 g/mol. The number of rotatable bonds is 6. The van der Waals surface area contributed by atoms with Gasteiger partial charge in [0.1, 0.15) is 24.0 Å². The number of hydrogen-bond acceptors (Lipinski definition) is 6. The summed E-state index contributed by atoms with van der Waals surface area (Å²) in [5, 5.41) is 11.1. The van der Waals surface area contributed by atoms with Crippen LogP contribution in [0.2, 0.25) is 0 Å². The van der Waals surface area contributed by atoms with Crippen molar-refractivity contribution in [1.82, 2.24) is 29.9 Å². The summed E-state index contributed by atoms with van der Waals surface area (Å²) in [6.07, 6.45) is 7.43. The summed E-state index contributed by atoms with van der Waals surface area (Å²) in [7, 11) is 1.89. The molecule has 166 valence electrons. The number of nitrogens with one attached hydrogen (secondary N) is 1. The molecule has 0 saturated carbocycles. The van der Waals surface area contributed by atoms with E-state index in [1.54, 1.807) is 12.6 Å². The van der Waals surface area contributed by atoms with Gasteiger partial charge in [0.25, 0.3) is 0 Å². The molecule has 5 heterocycles. The number of aromatic nitrogens is 3. The van der Waals surface area contributed by atoms with Crippen LogP contribution in [0.1, 0.15) is 37.3 Å². The number of carbonyl (C=O) groups excluding carboxylic acids is 2. The van der Waals surface area contributed by atoms with Gasteiger partial charge in [-0.25, -0.2) is 0 Å². The number of amides is 2. The lowest BCUT2D eigenvalue weighted by atomic mass is 9.71. The van der Waals surface area contributed by atoms with Gasteiger partial charge in [-0.15, -0.1) is 10.2 Å². The minimum Gasteiger partial charge on any atom is -0.468 e. The number of hydrogen-bond donors (Lipinski definition) is 1. The summed E-state index contributed by atoms with van der Waals surface area (Å²) in [4.78, 5) is 30.6. The molecule has 2 aromatic heterocycles. The molecule has 0 spiro atoms. The van der Waals surface area contributed by atoms with Crippen LogP contribution in [0.5, 0.6) is 0 Å². The maximum absolute atomic E-state index is 13.4. The molecule has 1 N–H and O–H groups in total. The van der Waals surface area contributed by atoms with Gasteiger partial charge in [0.15, 0.2) is 0 Å². The van der Waals surface area contributed by atoms with Gasteiger partial charge in [0, 0.05) is 51.5 Å². The molecule has 3 aliphatic heterocycles. The van der Waals surface area contributed by atoms with Crippen LogP contribution in [-0.4, -0.2) is 68.1 Å². The first-order chi connectivity index (χ1) is 15.1. The van der Waals surface area contributed by atoms with Gasteiger partial charge in [-0.2, -0.15) is 0 Å². The molecule has 3 fully saturated rings. The highest BCUT2D eigenvalue weighted by atomic mass is 16.3. The minimum absolute atomic E-state index is 0.0364. The topological polar surface area (TPSA) is 96.5 Å². The maximum atomic E-state index is 13.4. The predicted octanol–water partition coefficient (Wildman–Crippen LogP) is 0.968. The van der Waals surface area contributed by atoms with Crippen molar-refractivity contribution in [3.05, 3.63) is 36.3 Å². The Kier molecular flexibility index (Phi) is 5.52. The van der Waals surface area contributed by atoms with E-state index in [0.717, 1.165) is 50.5 Å². The zero-order valence-corrected chi connectivity index (χ0v) is 17.9. The number of nitrogens with zero attached hydrogens (tertiary/aromatic N) is 5. The van der Waals surface area contributed by atoms with Crippen LogP contribution in [0.3, 0.4) is 0 Å². The van der Waals surface area contributed by atoms with Crippen molar-refractivity contribution in [3.63, 3.8) is 0 Å². The largest absolute Gasteiger partial charge is 0.468 e. The van der Waals surface area contributed by atoms with Crippen molar-refractivity contribution in [2.24, 2.45) is 18.9 Å². The summed E-state index contributed by atoms with van der Waals surface area (Å²) in [6, 6.07) is 3.67. The molecule has 9 heteroatoms. The summed E-state index contributed by atoms with van der Waals surface area (Å²) < 4.78 is 7.41. The third-order valence-electron chi connectivity index (χ3n) is 7.10. The third-order valence-corrected chi connectivity index (χ3v) is 7.10. The monoisotopic (exact) mass is 426 g/mol. The van der Waals surface area contributed by atoms with E-state index in [0.29, 0.717) is 25.3 Å². The van der Waals surface area contributed by atoms with E-state index in [2.05, 4.69) is 20.4 Å². The Morgan fingerprint density at radius 3 is 2.97 bits per heavy atom. The Hall–Kier alpha value is -2.68. The molecular formula is C22H30N6O3. The molecule has 2 amide bonds. The fourth-order valence-corrected chi connectivity index (χ4v) is 5.78. The number of likely N-dealkylation sites (tertiary alicyclic amines) is 1. The van der Waals surface area contributed by atoms with Gasteiger partial charge >= 0.3 is 0 Å². The normalized spacial score (nSPS) is 28.4. The van der Waals surface area contributed by atoms with E-state index in [9.17, 15) is 9.59 Å². The van der Waals surface area contributed by atoms with Crippen molar-refractivity contribution in [1.29, 1.82) is 0 Å². The number of furan rings is 1. The van der Waals surface area contributed by atoms with Crippen molar-refractivity contribution in [3.8, 4) is 0 Å². The third kappa shape index (κ3) is 3.98. The van der Waals surface area contributed by atoms with E-state index < -0.39 is 6.04 Å². The lowest BCUT2D eigenvalue weighted by molar-refractivity contribution is -0.160. The van der Waals surface area contributed by atoms with Gasteiger partial charge in [-0.3, -0.25) is 14.5 Å². The van der Waals surface area contributed by atoms with Gasteiger partial charge in [0.05, 0.1) is 12.8 Å². The lowest BCUT2D eigenvalue weighted by Gasteiger charge is -2.55. The van der Waals surface area contributed by atoms with Gasteiger partial charge < -0.3 is 19.2 Å². The van der Waals surface area contributed by atoms with Crippen LogP contribution in [0.4, 0.5) is 0 Å². The highest BCUT2D eigenvalue weighted by Gasteiger charge is 2.51.